The second kappa shape index (κ2) is 3.87. The first kappa shape index (κ1) is 9.93. The summed E-state index contributed by atoms with van der Waals surface area (Å²) in [7, 11) is 1.69. The molecule has 0 spiro atoms. The van der Waals surface area contributed by atoms with Crippen LogP contribution in [0, 0.1) is 0 Å². The van der Waals surface area contributed by atoms with Crippen LogP contribution in [-0.2, 0) is 14.3 Å². The molecule has 1 N–H and O–H groups in total. The molecule has 2 aliphatic rings. The Labute approximate surface area is 84.0 Å². The summed E-state index contributed by atoms with van der Waals surface area (Å²) in [6, 6.07) is 0.233. The minimum Gasteiger partial charge on any atom is -0.378 e. The van der Waals surface area contributed by atoms with Gasteiger partial charge in [-0.25, -0.2) is 0 Å². The van der Waals surface area contributed by atoms with Gasteiger partial charge in [-0.2, -0.15) is 0 Å². The second-order valence-corrected chi connectivity index (χ2v) is 4.22. The van der Waals surface area contributed by atoms with E-state index >= 15 is 0 Å². The van der Waals surface area contributed by atoms with Crippen molar-refractivity contribution in [2.45, 2.75) is 37.3 Å². The number of nitrogens with one attached hydrogen (secondary N) is 1. The number of ether oxygens (including phenoxy) is 2. The normalized spacial score (nSPS) is 24.9. The first-order valence-corrected chi connectivity index (χ1v) is 5.16. The molecule has 1 saturated carbocycles. The van der Waals surface area contributed by atoms with E-state index in [1.54, 1.807) is 7.11 Å². The van der Waals surface area contributed by atoms with Gasteiger partial charge >= 0.3 is 0 Å². The number of carbonyl (C=O) groups excluding carboxylic acids is 1. The average Bonchev–Trinajstić information content (AvgIpc) is 2.04. The van der Waals surface area contributed by atoms with Gasteiger partial charge in [0, 0.05) is 7.11 Å². The maximum atomic E-state index is 11.6. The molecule has 2 fully saturated rings. The van der Waals surface area contributed by atoms with Crippen LogP contribution in [0.1, 0.15) is 25.7 Å². The summed E-state index contributed by atoms with van der Waals surface area (Å²) in [5, 5.41) is 2.93. The standard InChI is InChI=1S/C10H17NO3/c1-13-10(3-2-4-10)5-9(12)11-8-6-14-7-8/h8H,2-7H2,1H3,(H,11,12). The van der Waals surface area contributed by atoms with E-state index in [9.17, 15) is 4.79 Å². The Morgan fingerprint density at radius 1 is 1.57 bits per heavy atom. The van der Waals surface area contributed by atoms with Gasteiger partial charge < -0.3 is 14.8 Å². The van der Waals surface area contributed by atoms with Gasteiger partial charge in [0.25, 0.3) is 0 Å². The number of hydrogen-bond donors (Lipinski definition) is 1. The highest BCUT2D eigenvalue weighted by Crippen LogP contribution is 2.37. The minimum absolute atomic E-state index is 0.0971. The Bertz CT molecular complexity index is 216. The largest absolute Gasteiger partial charge is 0.378 e. The van der Waals surface area contributed by atoms with Crippen LogP contribution in [0.2, 0.25) is 0 Å². The topological polar surface area (TPSA) is 47.6 Å². The summed E-state index contributed by atoms with van der Waals surface area (Å²) in [4.78, 5) is 11.6. The summed E-state index contributed by atoms with van der Waals surface area (Å²) in [5.74, 6) is 0.0971. The molecular formula is C10H17NO3. The van der Waals surface area contributed by atoms with Crippen LogP contribution in [-0.4, -0.2) is 37.9 Å². The van der Waals surface area contributed by atoms with Crippen LogP contribution < -0.4 is 5.32 Å². The third kappa shape index (κ3) is 1.91. The molecule has 4 heteroatoms. The molecule has 1 amide bonds. The highest BCUT2D eigenvalue weighted by atomic mass is 16.5. The molecule has 0 aromatic carbocycles. The molecule has 0 unspecified atom stereocenters. The highest BCUT2D eigenvalue weighted by molar-refractivity contribution is 5.77. The highest BCUT2D eigenvalue weighted by Gasteiger charge is 2.39. The van der Waals surface area contributed by atoms with Crippen LogP contribution in [0.3, 0.4) is 0 Å². The number of hydrogen-bond acceptors (Lipinski definition) is 3. The Hall–Kier alpha value is -0.610. The van der Waals surface area contributed by atoms with E-state index in [-0.39, 0.29) is 17.6 Å². The summed E-state index contributed by atoms with van der Waals surface area (Å²) in [6.45, 7) is 1.32. The van der Waals surface area contributed by atoms with Gasteiger partial charge in [-0.15, -0.1) is 0 Å². The quantitative estimate of drug-likeness (QED) is 0.715. The van der Waals surface area contributed by atoms with Crippen LogP contribution in [0.25, 0.3) is 0 Å². The lowest BCUT2D eigenvalue weighted by Crippen LogP contribution is -2.51. The number of rotatable bonds is 4. The predicted molar refractivity (Wildman–Crippen MR) is 51.0 cm³/mol. The molecular weight excluding hydrogens is 182 g/mol. The molecule has 0 aromatic heterocycles. The lowest BCUT2D eigenvalue weighted by molar-refractivity contribution is -0.137. The van der Waals surface area contributed by atoms with Crippen molar-refractivity contribution in [3.63, 3.8) is 0 Å². The Morgan fingerprint density at radius 3 is 2.64 bits per heavy atom. The third-order valence-corrected chi connectivity index (χ3v) is 3.18. The van der Waals surface area contributed by atoms with Crippen LogP contribution >= 0.6 is 0 Å². The van der Waals surface area contributed by atoms with Gasteiger partial charge in [0.2, 0.25) is 5.91 Å². The smallest absolute Gasteiger partial charge is 0.223 e. The lowest BCUT2D eigenvalue weighted by Gasteiger charge is -2.40. The van der Waals surface area contributed by atoms with E-state index in [0.29, 0.717) is 19.6 Å². The van der Waals surface area contributed by atoms with Crippen molar-refractivity contribution in [1.82, 2.24) is 5.32 Å². The zero-order chi connectivity index (χ0) is 10.0. The van der Waals surface area contributed by atoms with E-state index < -0.39 is 0 Å². The Balaban J connectivity index is 1.75. The Kier molecular flexibility index (Phi) is 2.74. The first-order valence-electron chi connectivity index (χ1n) is 5.16. The van der Waals surface area contributed by atoms with Gasteiger partial charge in [0.15, 0.2) is 0 Å². The van der Waals surface area contributed by atoms with Crippen molar-refractivity contribution in [1.29, 1.82) is 0 Å². The third-order valence-electron chi connectivity index (χ3n) is 3.18. The van der Waals surface area contributed by atoms with Crippen molar-refractivity contribution >= 4 is 5.91 Å². The maximum Gasteiger partial charge on any atom is 0.223 e. The molecule has 1 saturated heterocycles. The zero-order valence-corrected chi connectivity index (χ0v) is 8.54. The van der Waals surface area contributed by atoms with Crippen molar-refractivity contribution in [3.8, 4) is 0 Å². The van der Waals surface area contributed by atoms with E-state index in [0.717, 1.165) is 12.8 Å². The second-order valence-electron chi connectivity index (χ2n) is 4.22. The molecule has 2 rings (SSSR count). The van der Waals surface area contributed by atoms with Gasteiger partial charge in [-0.05, 0) is 19.3 Å². The fourth-order valence-corrected chi connectivity index (χ4v) is 1.91. The predicted octanol–water partition coefficient (Wildman–Crippen LogP) is 0.461. The molecule has 0 aromatic rings. The Morgan fingerprint density at radius 2 is 2.29 bits per heavy atom. The van der Waals surface area contributed by atoms with E-state index in [4.69, 9.17) is 9.47 Å². The summed E-state index contributed by atoms with van der Waals surface area (Å²) in [6.07, 6.45) is 3.70. The molecule has 1 aliphatic heterocycles. The molecule has 1 aliphatic carbocycles. The van der Waals surface area contributed by atoms with Gasteiger partial charge in [0.1, 0.15) is 0 Å². The van der Waals surface area contributed by atoms with Crippen molar-refractivity contribution in [2.24, 2.45) is 0 Å². The van der Waals surface area contributed by atoms with Crippen molar-refractivity contribution in [3.05, 3.63) is 0 Å². The number of amides is 1. The molecule has 0 atom stereocenters. The van der Waals surface area contributed by atoms with Gasteiger partial charge in [0.05, 0.1) is 31.3 Å². The molecule has 1 heterocycles. The SMILES string of the molecule is COC1(CC(=O)NC2COC2)CCC1. The van der Waals surface area contributed by atoms with E-state index in [1.165, 1.54) is 6.42 Å². The molecule has 0 bridgehead atoms. The van der Waals surface area contributed by atoms with E-state index in [2.05, 4.69) is 5.32 Å². The van der Waals surface area contributed by atoms with Gasteiger partial charge in [-0.3, -0.25) is 4.79 Å². The first-order chi connectivity index (χ1) is 6.74. The number of methoxy groups -OCH3 is 1. The lowest BCUT2D eigenvalue weighted by atomic mass is 9.77. The van der Waals surface area contributed by atoms with Crippen LogP contribution in [0.5, 0.6) is 0 Å². The fraction of sp³-hybridized carbons (Fsp3) is 0.900. The summed E-state index contributed by atoms with van der Waals surface area (Å²) < 4.78 is 10.4. The molecule has 14 heavy (non-hydrogen) atoms. The fourth-order valence-electron chi connectivity index (χ4n) is 1.91. The van der Waals surface area contributed by atoms with Crippen molar-refractivity contribution in [2.75, 3.05) is 20.3 Å². The average molecular weight is 199 g/mol. The summed E-state index contributed by atoms with van der Waals surface area (Å²) >= 11 is 0. The molecule has 0 radical (unpaired) electrons. The molecule has 4 nitrogen and oxygen atoms in total. The minimum atomic E-state index is -0.158. The van der Waals surface area contributed by atoms with Gasteiger partial charge in [-0.1, -0.05) is 0 Å². The van der Waals surface area contributed by atoms with Crippen LogP contribution in [0.15, 0.2) is 0 Å². The number of carbonyl (C=O) groups is 1. The monoisotopic (exact) mass is 199 g/mol. The molecule has 80 valence electrons. The van der Waals surface area contributed by atoms with Crippen molar-refractivity contribution < 1.29 is 14.3 Å². The zero-order valence-electron chi connectivity index (χ0n) is 8.54. The van der Waals surface area contributed by atoms with E-state index in [1.807, 2.05) is 0 Å². The maximum absolute atomic E-state index is 11.6. The summed E-state index contributed by atoms with van der Waals surface area (Å²) in [5.41, 5.74) is -0.158. The van der Waals surface area contributed by atoms with Crippen LogP contribution in [0.4, 0.5) is 0 Å².